The fourth-order valence-electron chi connectivity index (χ4n) is 2.79. The number of aromatic nitrogens is 2. The highest BCUT2D eigenvalue weighted by molar-refractivity contribution is 7.90. The number of benzene rings is 1. The molecule has 2 aromatic heterocycles. The molecule has 0 aliphatic heterocycles. The smallest absolute Gasteiger partial charge is 0.224 e. The number of hydrogen-bond donors (Lipinski definition) is 0. The van der Waals surface area contributed by atoms with E-state index in [1.165, 1.54) is 18.0 Å². The monoisotopic (exact) mass is 369 g/mol. The number of anilines is 1. The van der Waals surface area contributed by atoms with Crippen LogP contribution in [-0.2, 0) is 21.2 Å². The minimum atomic E-state index is -3.56. The van der Waals surface area contributed by atoms with Crippen LogP contribution in [0.4, 0.5) is 5.69 Å². The van der Waals surface area contributed by atoms with Crippen molar-refractivity contribution < 1.29 is 13.2 Å². The molecule has 0 spiro atoms. The number of pyridine rings is 2. The summed E-state index contributed by atoms with van der Waals surface area (Å²) >= 11 is 0. The molecule has 0 bridgehead atoms. The van der Waals surface area contributed by atoms with E-state index < -0.39 is 9.84 Å². The summed E-state index contributed by atoms with van der Waals surface area (Å²) in [6.07, 6.45) is 2.49. The van der Waals surface area contributed by atoms with E-state index in [0.29, 0.717) is 0 Å². The number of carbonyl (C=O) groups is 1. The Bertz CT molecular complexity index is 1090. The molecule has 0 radical (unpaired) electrons. The molecule has 1 aromatic carbocycles. The molecule has 26 heavy (non-hydrogen) atoms. The first kappa shape index (κ1) is 18.0. The summed E-state index contributed by atoms with van der Waals surface area (Å²) in [7, 11) is -3.56. The van der Waals surface area contributed by atoms with Crippen LogP contribution in [0.25, 0.3) is 10.9 Å². The van der Waals surface area contributed by atoms with Crippen molar-refractivity contribution in [3.8, 4) is 0 Å². The highest BCUT2D eigenvalue weighted by Gasteiger charge is 2.22. The van der Waals surface area contributed by atoms with Gasteiger partial charge in [0.05, 0.1) is 17.7 Å². The zero-order valence-corrected chi connectivity index (χ0v) is 15.6. The van der Waals surface area contributed by atoms with E-state index in [1.54, 1.807) is 12.1 Å². The largest absolute Gasteiger partial charge is 0.305 e. The van der Waals surface area contributed by atoms with E-state index in [-0.39, 0.29) is 23.2 Å². The molecule has 134 valence electrons. The molecule has 7 heteroatoms. The van der Waals surface area contributed by atoms with E-state index in [4.69, 9.17) is 0 Å². The first-order valence-electron chi connectivity index (χ1n) is 8.05. The summed E-state index contributed by atoms with van der Waals surface area (Å²) < 4.78 is 24.1. The Labute approximate surface area is 152 Å². The van der Waals surface area contributed by atoms with Gasteiger partial charge in [-0.05, 0) is 36.8 Å². The fraction of sp³-hybridized carbons (Fsp3) is 0.211. The predicted octanol–water partition coefficient (Wildman–Crippen LogP) is 2.89. The van der Waals surface area contributed by atoms with Gasteiger partial charge in [0.25, 0.3) is 0 Å². The van der Waals surface area contributed by atoms with Gasteiger partial charge in [0, 0.05) is 30.5 Å². The molecule has 3 rings (SSSR count). The second kappa shape index (κ2) is 6.84. The third-order valence-electron chi connectivity index (χ3n) is 4.01. The number of aryl methyl sites for hydroxylation is 1. The van der Waals surface area contributed by atoms with Crippen molar-refractivity contribution in [1.82, 2.24) is 9.97 Å². The van der Waals surface area contributed by atoms with Gasteiger partial charge < -0.3 is 4.90 Å². The van der Waals surface area contributed by atoms with Gasteiger partial charge in [-0.3, -0.25) is 9.78 Å². The van der Waals surface area contributed by atoms with Gasteiger partial charge in [-0.1, -0.05) is 18.2 Å². The van der Waals surface area contributed by atoms with Crippen LogP contribution >= 0.6 is 0 Å². The lowest BCUT2D eigenvalue weighted by Gasteiger charge is -2.23. The lowest BCUT2D eigenvalue weighted by atomic mass is 10.1. The minimum Gasteiger partial charge on any atom is -0.305 e. The molecule has 6 nitrogen and oxygen atoms in total. The zero-order valence-electron chi connectivity index (χ0n) is 14.8. The van der Waals surface area contributed by atoms with E-state index in [9.17, 15) is 13.2 Å². The van der Waals surface area contributed by atoms with Crippen molar-refractivity contribution in [2.45, 2.75) is 25.4 Å². The van der Waals surface area contributed by atoms with Crippen LogP contribution in [0.15, 0.2) is 53.7 Å². The third kappa shape index (κ3) is 3.72. The van der Waals surface area contributed by atoms with Crippen LogP contribution in [0.3, 0.4) is 0 Å². The lowest BCUT2D eigenvalue weighted by molar-refractivity contribution is -0.116. The first-order valence-corrected chi connectivity index (χ1v) is 9.94. The van der Waals surface area contributed by atoms with Crippen LogP contribution < -0.4 is 4.90 Å². The quantitative estimate of drug-likeness (QED) is 0.706. The van der Waals surface area contributed by atoms with Crippen LogP contribution in [0.1, 0.15) is 18.2 Å². The number of amides is 1. The first-order chi connectivity index (χ1) is 12.3. The van der Waals surface area contributed by atoms with Crippen molar-refractivity contribution in [2.24, 2.45) is 0 Å². The summed E-state index contributed by atoms with van der Waals surface area (Å²) in [5.74, 6) is -0.264. The van der Waals surface area contributed by atoms with E-state index >= 15 is 0 Å². The van der Waals surface area contributed by atoms with Crippen LogP contribution in [-0.4, -0.2) is 30.5 Å². The average molecular weight is 369 g/mol. The number of carbonyl (C=O) groups excluding carboxylic acids is 1. The Morgan fingerprint density at radius 3 is 2.58 bits per heavy atom. The van der Waals surface area contributed by atoms with Crippen molar-refractivity contribution in [3.05, 3.63) is 59.9 Å². The van der Waals surface area contributed by atoms with Gasteiger partial charge in [-0.2, -0.15) is 0 Å². The maximum atomic E-state index is 12.2. The van der Waals surface area contributed by atoms with Gasteiger partial charge in [0.1, 0.15) is 0 Å². The summed E-state index contributed by atoms with van der Waals surface area (Å²) in [4.78, 5) is 22.1. The fourth-order valence-corrected chi connectivity index (χ4v) is 3.60. The number of sulfone groups is 1. The molecular weight excluding hydrogens is 350 g/mol. The van der Waals surface area contributed by atoms with Crippen LogP contribution in [0.2, 0.25) is 0 Å². The topological polar surface area (TPSA) is 80.2 Å². The Balaban J connectivity index is 2.05. The van der Waals surface area contributed by atoms with Gasteiger partial charge in [-0.15, -0.1) is 0 Å². The zero-order chi connectivity index (χ0) is 18.9. The Kier molecular flexibility index (Phi) is 4.73. The molecule has 0 aliphatic rings. The normalized spacial score (nSPS) is 11.5. The van der Waals surface area contributed by atoms with Crippen molar-refractivity contribution in [3.63, 3.8) is 0 Å². The van der Waals surface area contributed by atoms with Crippen LogP contribution in [0, 0.1) is 6.92 Å². The number of hydrogen-bond acceptors (Lipinski definition) is 5. The molecule has 2 heterocycles. The molecule has 0 unspecified atom stereocenters. The van der Waals surface area contributed by atoms with Gasteiger partial charge in [0.15, 0.2) is 14.9 Å². The SMILES string of the molecule is CC(=O)N(Cc1ccc2ccc(C)nc2c1)c1cccnc1S(C)(=O)=O. The highest BCUT2D eigenvalue weighted by atomic mass is 32.2. The van der Waals surface area contributed by atoms with Crippen molar-refractivity contribution in [1.29, 1.82) is 0 Å². The molecule has 0 saturated carbocycles. The maximum absolute atomic E-state index is 12.2. The lowest BCUT2D eigenvalue weighted by Crippen LogP contribution is -2.29. The van der Waals surface area contributed by atoms with Gasteiger partial charge in [-0.25, -0.2) is 13.4 Å². The van der Waals surface area contributed by atoms with E-state index in [0.717, 1.165) is 28.4 Å². The second-order valence-electron chi connectivity index (χ2n) is 6.18. The van der Waals surface area contributed by atoms with E-state index in [2.05, 4.69) is 9.97 Å². The molecule has 0 aliphatic carbocycles. The summed E-state index contributed by atoms with van der Waals surface area (Å²) in [5.41, 5.74) is 2.87. The number of fused-ring (bicyclic) bond motifs is 1. The average Bonchev–Trinajstić information content (AvgIpc) is 2.58. The molecule has 0 saturated heterocycles. The summed E-state index contributed by atoms with van der Waals surface area (Å²) in [5, 5.41) is 0.900. The Morgan fingerprint density at radius 1 is 1.15 bits per heavy atom. The minimum absolute atomic E-state index is 0.107. The maximum Gasteiger partial charge on any atom is 0.224 e. The third-order valence-corrected chi connectivity index (χ3v) is 5.03. The summed E-state index contributed by atoms with van der Waals surface area (Å²) in [6, 6.07) is 12.9. The second-order valence-corrected chi connectivity index (χ2v) is 8.12. The molecular formula is C19H19N3O3S. The molecule has 3 aromatic rings. The van der Waals surface area contributed by atoms with Gasteiger partial charge >= 0.3 is 0 Å². The highest BCUT2D eigenvalue weighted by Crippen LogP contribution is 2.25. The van der Waals surface area contributed by atoms with Gasteiger partial charge in [0.2, 0.25) is 5.91 Å². The Morgan fingerprint density at radius 2 is 1.88 bits per heavy atom. The standard InChI is InChI=1S/C19H19N3O3S/c1-13-6-8-16-9-7-15(11-17(16)21-13)12-22(14(2)23)18-5-4-10-20-19(18)26(3,24)25/h4-11H,12H2,1-3H3. The van der Waals surface area contributed by atoms with Crippen molar-refractivity contribution >= 4 is 32.3 Å². The summed E-state index contributed by atoms with van der Waals surface area (Å²) in [6.45, 7) is 3.56. The molecule has 1 amide bonds. The predicted molar refractivity (Wildman–Crippen MR) is 101 cm³/mol. The molecule has 0 atom stereocenters. The molecule has 0 N–H and O–H groups in total. The van der Waals surface area contributed by atoms with E-state index in [1.807, 2.05) is 37.3 Å². The van der Waals surface area contributed by atoms with Crippen molar-refractivity contribution in [2.75, 3.05) is 11.2 Å². The Hall–Kier alpha value is -2.80. The van der Waals surface area contributed by atoms with Crippen LogP contribution in [0.5, 0.6) is 0 Å². The number of rotatable bonds is 4. The number of nitrogens with zero attached hydrogens (tertiary/aromatic N) is 3. The molecule has 0 fully saturated rings.